The molecule has 3 N–H and O–H groups in total. The fraction of sp³-hybridized carbons (Fsp3) is 0.308. The summed E-state index contributed by atoms with van der Waals surface area (Å²) in [4.78, 5) is 10.5. The first-order valence-corrected chi connectivity index (χ1v) is 6.62. The molecular weight excluding hydrogens is 316 g/mol. The van der Waals surface area contributed by atoms with Gasteiger partial charge in [0.25, 0.3) is 0 Å². The van der Waals surface area contributed by atoms with Crippen LogP contribution in [0, 0.1) is 0 Å². The van der Waals surface area contributed by atoms with Crippen molar-refractivity contribution in [1.29, 1.82) is 0 Å². The smallest absolute Gasteiger partial charge is 0.328 e. The number of aliphatic hydroxyl groups is 2. The number of alkyl halides is 1. The predicted molar refractivity (Wildman–Crippen MR) is 74.4 cm³/mol. The number of halogens is 1. The molecule has 2 unspecified atom stereocenters. The van der Waals surface area contributed by atoms with Crippen molar-refractivity contribution in [2.24, 2.45) is 0 Å². The van der Waals surface area contributed by atoms with E-state index in [1.165, 1.54) is 13.2 Å². The van der Waals surface area contributed by atoms with Crippen molar-refractivity contribution in [3.63, 3.8) is 0 Å². The summed E-state index contributed by atoms with van der Waals surface area (Å²) in [6.07, 6.45) is 0.360. The second kappa shape index (κ2) is 7.28. The standard InChI is InChI=1S/C13H15BrO5/c1-19-11-4-2-9(13(18)10(15)7-14)6-8(11)3-5-12(16)17/h2-6,10,13,15,18H,7H2,1H3,(H,16,17)/b5-3+. The Kier molecular flexibility index (Phi) is 6.01. The van der Waals surface area contributed by atoms with Gasteiger partial charge < -0.3 is 20.1 Å². The molecule has 5 nitrogen and oxygen atoms in total. The summed E-state index contributed by atoms with van der Waals surface area (Å²) in [5.74, 6) is -0.588. The van der Waals surface area contributed by atoms with Gasteiger partial charge in [-0.15, -0.1) is 0 Å². The van der Waals surface area contributed by atoms with Gasteiger partial charge in [0.05, 0.1) is 13.2 Å². The van der Waals surface area contributed by atoms with Crippen molar-refractivity contribution in [2.45, 2.75) is 12.2 Å². The lowest BCUT2D eigenvalue weighted by atomic mass is 10.0. The number of carbonyl (C=O) groups is 1. The van der Waals surface area contributed by atoms with Crippen LogP contribution < -0.4 is 4.74 Å². The molecule has 0 aromatic heterocycles. The Morgan fingerprint density at radius 3 is 2.68 bits per heavy atom. The second-order valence-electron chi connectivity index (χ2n) is 3.84. The highest BCUT2D eigenvalue weighted by Crippen LogP contribution is 2.26. The average Bonchev–Trinajstić information content (AvgIpc) is 2.42. The van der Waals surface area contributed by atoms with Crippen LogP contribution in [0.25, 0.3) is 6.08 Å². The first kappa shape index (κ1) is 15.7. The van der Waals surface area contributed by atoms with Gasteiger partial charge in [0.2, 0.25) is 0 Å². The fourth-order valence-corrected chi connectivity index (χ4v) is 1.89. The number of aliphatic hydroxyl groups excluding tert-OH is 2. The Labute approximate surface area is 119 Å². The molecule has 1 aromatic carbocycles. The van der Waals surface area contributed by atoms with Gasteiger partial charge >= 0.3 is 5.97 Å². The van der Waals surface area contributed by atoms with Gasteiger partial charge in [-0.3, -0.25) is 0 Å². The monoisotopic (exact) mass is 330 g/mol. The minimum atomic E-state index is -1.08. The van der Waals surface area contributed by atoms with E-state index in [9.17, 15) is 15.0 Å². The number of aliphatic carboxylic acids is 1. The van der Waals surface area contributed by atoms with Crippen molar-refractivity contribution in [3.8, 4) is 5.75 Å². The predicted octanol–water partition coefficient (Wildman–Crippen LogP) is 1.58. The zero-order valence-corrected chi connectivity index (χ0v) is 11.9. The summed E-state index contributed by atoms with van der Waals surface area (Å²) in [7, 11) is 1.47. The van der Waals surface area contributed by atoms with E-state index in [-0.39, 0.29) is 5.33 Å². The highest BCUT2D eigenvalue weighted by atomic mass is 79.9. The molecule has 0 saturated heterocycles. The van der Waals surface area contributed by atoms with Crippen molar-refractivity contribution in [2.75, 3.05) is 12.4 Å². The summed E-state index contributed by atoms with van der Waals surface area (Å²) in [6.45, 7) is 0. The zero-order chi connectivity index (χ0) is 14.4. The van der Waals surface area contributed by atoms with Crippen molar-refractivity contribution >= 4 is 28.0 Å². The van der Waals surface area contributed by atoms with E-state index in [2.05, 4.69) is 15.9 Å². The number of benzene rings is 1. The Hall–Kier alpha value is -1.37. The van der Waals surface area contributed by atoms with Crippen molar-refractivity contribution < 1.29 is 24.9 Å². The molecule has 104 valence electrons. The summed E-state index contributed by atoms with van der Waals surface area (Å²) in [5.41, 5.74) is 1.00. The Balaban J connectivity index is 3.10. The van der Waals surface area contributed by atoms with E-state index in [0.29, 0.717) is 16.9 Å². The van der Waals surface area contributed by atoms with Crippen LogP contribution in [0.2, 0.25) is 0 Å². The molecule has 0 heterocycles. The Morgan fingerprint density at radius 2 is 2.16 bits per heavy atom. The van der Waals surface area contributed by atoms with Gasteiger partial charge in [0.15, 0.2) is 0 Å². The molecule has 0 radical (unpaired) electrons. The van der Waals surface area contributed by atoms with E-state index in [0.717, 1.165) is 6.08 Å². The number of methoxy groups -OCH3 is 1. The Bertz CT molecular complexity index is 472. The fourth-order valence-electron chi connectivity index (χ4n) is 1.53. The normalized spacial score (nSPS) is 14.3. The zero-order valence-electron chi connectivity index (χ0n) is 10.3. The lowest BCUT2D eigenvalue weighted by Gasteiger charge is -2.17. The average molecular weight is 331 g/mol. The second-order valence-corrected chi connectivity index (χ2v) is 4.49. The highest BCUT2D eigenvalue weighted by Gasteiger charge is 2.18. The number of hydrogen-bond acceptors (Lipinski definition) is 4. The third-order valence-corrected chi connectivity index (χ3v) is 3.19. The van der Waals surface area contributed by atoms with Crippen LogP contribution in [0.3, 0.4) is 0 Å². The van der Waals surface area contributed by atoms with Crippen LogP contribution in [0.4, 0.5) is 0 Å². The van der Waals surface area contributed by atoms with Crippen LogP contribution in [0.1, 0.15) is 17.2 Å². The minimum absolute atomic E-state index is 0.237. The molecule has 0 aliphatic rings. The maximum atomic E-state index is 10.5. The van der Waals surface area contributed by atoms with Crippen molar-refractivity contribution in [3.05, 3.63) is 35.4 Å². The molecule has 0 aliphatic heterocycles. The van der Waals surface area contributed by atoms with E-state index in [4.69, 9.17) is 9.84 Å². The molecule has 0 bridgehead atoms. The van der Waals surface area contributed by atoms with E-state index in [1.54, 1.807) is 18.2 Å². The Morgan fingerprint density at radius 1 is 1.47 bits per heavy atom. The lowest BCUT2D eigenvalue weighted by Crippen LogP contribution is -2.19. The van der Waals surface area contributed by atoms with Gasteiger partial charge in [-0.2, -0.15) is 0 Å². The van der Waals surface area contributed by atoms with E-state index < -0.39 is 18.2 Å². The molecule has 0 spiro atoms. The largest absolute Gasteiger partial charge is 0.496 e. The van der Waals surface area contributed by atoms with Gasteiger partial charge in [-0.25, -0.2) is 4.79 Å². The van der Waals surface area contributed by atoms with Gasteiger partial charge in [-0.1, -0.05) is 22.0 Å². The third-order valence-electron chi connectivity index (χ3n) is 2.52. The quantitative estimate of drug-likeness (QED) is 0.544. The molecule has 0 fully saturated rings. The lowest BCUT2D eigenvalue weighted by molar-refractivity contribution is -0.131. The van der Waals surface area contributed by atoms with Gasteiger partial charge in [-0.05, 0) is 23.8 Å². The molecule has 19 heavy (non-hydrogen) atoms. The van der Waals surface area contributed by atoms with Crippen molar-refractivity contribution in [1.82, 2.24) is 0 Å². The number of carboxylic acids is 1. The molecule has 1 rings (SSSR count). The summed E-state index contributed by atoms with van der Waals surface area (Å²) < 4.78 is 5.10. The van der Waals surface area contributed by atoms with Crippen LogP contribution >= 0.6 is 15.9 Å². The highest BCUT2D eigenvalue weighted by molar-refractivity contribution is 9.09. The van der Waals surface area contributed by atoms with Gasteiger partial charge in [0.1, 0.15) is 11.9 Å². The maximum absolute atomic E-state index is 10.5. The molecule has 2 atom stereocenters. The SMILES string of the molecule is COc1ccc(C(O)C(O)CBr)cc1/C=C/C(=O)O. The maximum Gasteiger partial charge on any atom is 0.328 e. The molecule has 0 aliphatic carbocycles. The molecular formula is C13H15BrO5. The first-order chi connectivity index (χ1) is 8.99. The molecule has 0 saturated carbocycles. The van der Waals surface area contributed by atoms with Gasteiger partial charge in [0, 0.05) is 17.0 Å². The van der Waals surface area contributed by atoms with Crippen LogP contribution in [0.5, 0.6) is 5.75 Å². The summed E-state index contributed by atoms with van der Waals surface area (Å²) in [6, 6.07) is 4.81. The van der Waals surface area contributed by atoms with Crippen LogP contribution in [-0.4, -0.2) is 39.8 Å². The van der Waals surface area contributed by atoms with Crippen LogP contribution in [-0.2, 0) is 4.79 Å². The number of ether oxygens (including phenoxy) is 1. The van der Waals surface area contributed by atoms with E-state index in [1.807, 2.05) is 0 Å². The summed E-state index contributed by atoms with van der Waals surface area (Å²) in [5, 5.41) is 28.3. The number of carboxylic acid groups (broad SMARTS) is 1. The number of rotatable bonds is 6. The molecule has 0 amide bonds. The van der Waals surface area contributed by atoms with E-state index >= 15 is 0 Å². The third kappa shape index (κ3) is 4.34. The molecule has 6 heteroatoms. The van der Waals surface area contributed by atoms with Crippen LogP contribution in [0.15, 0.2) is 24.3 Å². The summed E-state index contributed by atoms with van der Waals surface area (Å²) >= 11 is 3.08. The first-order valence-electron chi connectivity index (χ1n) is 5.50. The molecule has 1 aromatic rings. The topological polar surface area (TPSA) is 87.0 Å². The number of hydrogen-bond donors (Lipinski definition) is 3. The minimum Gasteiger partial charge on any atom is -0.496 e.